The maximum absolute atomic E-state index is 10.4. The number of nitrogens with one attached hydrogen (secondary N) is 1. The fourth-order valence-electron chi connectivity index (χ4n) is 0.872. The highest BCUT2D eigenvalue weighted by molar-refractivity contribution is 5.62. The van der Waals surface area contributed by atoms with Crippen molar-refractivity contribution >= 4 is 11.4 Å². The molecule has 0 aliphatic carbocycles. The molecule has 5 nitrogen and oxygen atoms in total. The van der Waals surface area contributed by atoms with E-state index < -0.39 is 4.92 Å². The molecule has 2 N–H and O–H groups in total. The molecule has 0 aromatic heterocycles. The molecule has 1 rings (SSSR count). The van der Waals surface area contributed by atoms with Gasteiger partial charge < -0.3 is 0 Å². The van der Waals surface area contributed by atoms with Gasteiger partial charge in [0.25, 0.3) is 5.69 Å². The molecule has 0 radical (unpaired) electrons. The summed E-state index contributed by atoms with van der Waals surface area (Å²) in [5, 5.41) is 18.9. The molecule has 0 aliphatic rings. The summed E-state index contributed by atoms with van der Waals surface area (Å²) < 4.78 is 0. The maximum Gasteiger partial charge on any atom is 0.270 e. The predicted molar refractivity (Wildman–Crippen MR) is 47.1 cm³/mol. The van der Waals surface area contributed by atoms with Crippen LogP contribution in [0.15, 0.2) is 30.8 Å². The number of nitro groups is 1. The van der Waals surface area contributed by atoms with Crippen molar-refractivity contribution in [3.05, 3.63) is 46.5 Å². The van der Waals surface area contributed by atoms with E-state index in [9.17, 15) is 10.1 Å². The summed E-state index contributed by atoms with van der Waals surface area (Å²) in [6.07, 6.45) is 0. The van der Waals surface area contributed by atoms with Crippen molar-refractivity contribution in [3.63, 3.8) is 0 Å². The highest BCUT2D eigenvalue weighted by atomic mass is 16.6. The SMILES string of the molecule is C=C(NO)c1cccc([N+](=O)[O-])c1. The second-order valence-corrected chi connectivity index (χ2v) is 2.40. The Morgan fingerprint density at radius 3 is 2.85 bits per heavy atom. The van der Waals surface area contributed by atoms with Gasteiger partial charge in [-0.3, -0.25) is 20.8 Å². The van der Waals surface area contributed by atoms with Crippen molar-refractivity contribution in [3.8, 4) is 0 Å². The lowest BCUT2D eigenvalue weighted by Gasteiger charge is -2.02. The molecular weight excluding hydrogens is 172 g/mol. The zero-order valence-corrected chi connectivity index (χ0v) is 6.73. The van der Waals surface area contributed by atoms with Crippen LogP contribution in [0.3, 0.4) is 0 Å². The van der Waals surface area contributed by atoms with E-state index in [1.165, 1.54) is 18.2 Å². The molecule has 0 unspecified atom stereocenters. The maximum atomic E-state index is 10.4. The van der Waals surface area contributed by atoms with E-state index in [-0.39, 0.29) is 11.4 Å². The second-order valence-electron chi connectivity index (χ2n) is 2.40. The summed E-state index contributed by atoms with van der Waals surface area (Å²) in [5.74, 6) is 0. The van der Waals surface area contributed by atoms with Crippen molar-refractivity contribution in [2.24, 2.45) is 0 Å². The Balaban J connectivity index is 3.05. The largest absolute Gasteiger partial charge is 0.291 e. The molecule has 0 aliphatic heterocycles. The highest BCUT2D eigenvalue weighted by Gasteiger charge is 2.06. The number of hydrogen-bond acceptors (Lipinski definition) is 4. The van der Waals surface area contributed by atoms with Crippen LogP contribution in [-0.2, 0) is 0 Å². The summed E-state index contributed by atoms with van der Waals surface area (Å²) in [6, 6.07) is 5.83. The third-order valence-corrected chi connectivity index (χ3v) is 1.54. The van der Waals surface area contributed by atoms with Crippen LogP contribution in [0.25, 0.3) is 5.70 Å². The lowest BCUT2D eigenvalue weighted by Crippen LogP contribution is -2.03. The quantitative estimate of drug-likeness (QED) is 0.546. The van der Waals surface area contributed by atoms with Crippen molar-refractivity contribution < 1.29 is 10.1 Å². The van der Waals surface area contributed by atoms with E-state index in [0.717, 1.165) is 0 Å². The van der Waals surface area contributed by atoms with Gasteiger partial charge in [0.15, 0.2) is 0 Å². The Morgan fingerprint density at radius 1 is 1.62 bits per heavy atom. The van der Waals surface area contributed by atoms with E-state index >= 15 is 0 Å². The minimum absolute atomic E-state index is 0.0334. The van der Waals surface area contributed by atoms with E-state index in [4.69, 9.17) is 5.21 Å². The van der Waals surface area contributed by atoms with Gasteiger partial charge in [-0.1, -0.05) is 18.7 Å². The second kappa shape index (κ2) is 3.68. The van der Waals surface area contributed by atoms with Crippen LogP contribution in [0.5, 0.6) is 0 Å². The fraction of sp³-hybridized carbons (Fsp3) is 0. The van der Waals surface area contributed by atoms with Crippen LogP contribution in [0.2, 0.25) is 0 Å². The first kappa shape index (κ1) is 9.21. The van der Waals surface area contributed by atoms with Gasteiger partial charge in [-0.15, -0.1) is 0 Å². The molecule has 68 valence electrons. The fourth-order valence-corrected chi connectivity index (χ4v) is 0.872. The third kappa shape index (κ3) is 2.03. The molecule has 1 aromatic carbocycles. The zero-order chi connectivity index (χ0) is 9.84. The van der Waals surface area contributed by atoms with Crippen molar-refractivity contribution in [1.29, 1.82) is 0 Å². The Bertz CT molecular complexity index is 349. The summed E-state index contributed by atoms with van der Waals surface area (Å²) in [6.45, 7) is 3.46. The van der Waals surface area contributed by atoms with Crippen LogP contribution in [0.4, 0.5) is 5.69 Å². The van der Waals surface area contributed by atoms with Gasteiger partial charge in [0.2, 0.25) is 0 Å². The minimum Gasteiger partial charge on any atom is -0.291 e. The van der Waals surface area contributed by atoms with Crippen molar-refractivity contribution in [2.75, 3.05) is 0 Å². The molecular formula is C8H8N2O3. The third-order valence-electron chi connectivity index (χ3n) is 1.54. The Morgan fingerprint density at radius 2 is 2.31 bits per heavy atom. The van der Waals surface area contributed by atoms with Crippen LogP contribution in [0.1, 0.15) is 5.56 Å². The Kier molecular flexibility index (Phi) is 2.61. The highest BCUT2D eigenvalue weighted by Crippen LogP contribution is 2.16. The number of benzene rings is 1. The lowest BCUT2D eigenvalue weighted by atomic mass is 10.1. The van der Waals surface area contributed by atoms with Gasteiger partial charge in [-0.05, 0) is 0 Å². The van der Waals surface area contributed by atoms with Gasteiger partial charge in [0.05, 0.1) is 10.6 Å². The van der Waals surface area contributed by atoms with E-state index in [1.807, 2.05) is 5.48 Å². The average Bonchev–Trinajstić information content (AvgIpc) is 2.17. The molecule has 0 saturated carbocycles. The van der Waals surface area contributed by atoms with Gasteiger partial charge >= 0.3 is 0 Å². The smallest absolute Gasteiger partial charge is 0.270 e. The average molecular weight is 180 g/mol. The van der Waals surface area contributed by atoms with Crippen molar-refractivity contribution in [2.45, 2.75) is 0 Å². The first-order chi connectivity index (χ1) is 6.15. The molecule has 0 heterocycles. The Labute approximate surface area is 74.4 Å². The summed E-state index contributed by atoms with van der Waals surface area (Å²) in [4.78, 5) is 9.85. The molecule has 0 fully saturated rings. The number of nitro benzene ring substituents is 1. The monoisotopic (exact) mass is 180 g/mol. The van der Waals surface area contributed by atoms with Crippen LogP contribution < -0.4 is 5.48 Å². The van der Waals surface area contributed by atoms with E-state index in [1.54, 1.807) is 6.07 Å². The van der Waals surface area contributed by atoms with Crippen LogP contribution in [0, 0.1) is 10.1 Å². The normalized spacial score (nSPS) is 9.31. The molecule has 5 heteroatoms. The predicted octanol–water partition coefficient (Wildman–Crippen LogP) is 1.54. The number of nitrogens with zero attached hydrogens (tertiary/aromatic N) is 1. The molecule has 1 aromatic rings. The van der Waals surface area contributed by atoms with E-state index in [2.05, 4.69) is 6.58 Å². The minimum atomic E-state index is -0.506. The first-order valence-corrected chi connectivity index (χ1v) is 3.49. The Hall–Kier alpha value is -1.88. The van der Waals surface area contributed by atoms with Gasteiger partial charge in [-0.2, -0.15) is 0 Å². The summed E-state index contributed by atoms with van der Waals surface area (Å²) in [5.41, 5.74) is 2.51. The molecule has 0 atom stereocenters. The number of rotatable bonds is 3. The summed E-state index contributed by atoms with van der Waals surface area (Å²) >= 11 is 0. The van der Waals surface area contributed by atoms with Gasteiger partial charge in [0.1, 0.15) is 0 Å². The van der Waals surface area contributed by atoms with Crippen LogP contribution >= 0.6 is 0 Å². The number of non-ortho nitro benzene ring substituents is 1. The van der Waals surface area contributed by atoms with Crippen LogP contribution in [-0.4, -0.2) is 10.1 Å². The van der Waals surface area contributed by atoms with Gasteiger partial charge in [-0.25, -0.2) is 0 Å². The summed E-state index contributed by atoms with van der Waals surface area (Å²) in [7, 11) is 0. The van der Waals surface area contributed by atoms with Gasteiger partial charge in [0, 0.05) is 17.7 Å². The molecule has 0 spiro atoms. The standard InChI is InChI=1S/C8H8N2O3/c1-6(9-11)7-3-2-4-8(5-7)10(12)13/h2-5,9,11H,1H2. The number of hydrogen-bond donors (Lipinski definition) is 2. The number of hydroxylamine groups is 1. The molecule has 0 bridgehead atoms. The molecule has 0 saturated heterocycles. The molecule has 13 heavy (non-hydrogen) atoms. The van der Waals surface area contributed by atoms with E-state index in [0.29, 0.717) is 5.56 Å². The first-order valence-electron chi connectivity index (χ1n) is 3.49. The topological polar surface area (TPSA) is 75.4 Å². The lowest BCUT2D eigenvalue weighted by molar-refractivity contribution is -0.384. The van der Waals surface area contributed by atoms with Crippen molar-refractivity contribution in [1.82, 2.24) is 5.48 Å². The molecule has 0 amide bonds. The zero-order valence-electron chi connectivity index (χ0n) is 6.73.